The molecular formula is C15H25N3O. The number of rotatable bonds is 6. The van der Waals surface area contributed by atoms with E-state index in [9.17, 15) is 0 Å². The summed E-state index contributed by atoms with van der Waals surface area (Å²) in [6, 6.07) is 11.0. The van der Waals surface area contributed by atoms with Crippen LogP contribution < -0.4 is 11.2 Å². The van der Waals surface area contributed by atoms with E-state index in [0.29, 0.717) is 18.5 Å². The Morgan fingerprint density at radius 2 is 1.95 bits per heavy atom. The van der Waals surface area contributed by atoms with Crippen molar-refractivity contribution in [2.45, 2.75) is 25.3 Å². The first-order valence-corrected chi connectivity index (χ1v) is 7.13. The monoisotopic (exact) mass is 263 g/mol. The zero-order valence-electron chi connectivity index (χ0n) is 11.7. The molecule has 2 atom stereocenters. The molecular weight excluding hydrogens is 238 g/mol. The van der Waals surface area contributed by atoms with Gasteiger partial charge in [-0.2, -0.15) is 0 Å². The molecule has 0 saturated carbocycles. The van der Waals surface area contributed by atoms with E-state index in [2.05, 4.69) is 47.7 Å². The molecule has 3 N–H and O–H groups in total. The maximum Gasteiger partial charge on any atom is 0.0608 e. The van der Waals surface area contributed by atoms with Crippen LogP contribution in [0.3, 0.4) is 0 Å². The van der Waals surface area contributed by atoms with E-state index in [4.69, 9.17) is 10.5 Å². The van der Waals surface area contributed by atoms with Crippen molar-refractivity contribution in [3.05, 3.63) is 35.9 Å². The molecule has 0 aromatic heterocycles. The molecule has 1 saturated heterocycles. The summed E-state index contributed by atoms with van der Waals surface area (Å²) in [5.41, 5.74) is 10.8. The fourth-order valence-corrected chi connectivity index (χ4v) is 2.50. The van der Waals surface area contributed by atoms with Crippen LogP contribution in [-0.2, 0) is 4.74 Å². The highest BCUT2D eigenvalue weighted by atomic mass is 16.5. The Morgan fingerprint density at radius 1 is 1.26 bits per heavy atom. The maximum atomic E-state index is 5.90. The minimum atomic E-state index is 0.327. The molecule has 2 rings (SSSR count). The summed E-state index contributed by atoms with van der Waals surface area (Å²) in [7, 11) is 0. The summed E-state index contributed by atoms with van der Waals surface area (Å²) in [6.45, 7) is 6.41. The molecule has 2 unspecified atom stereocenters. The third-order valence-corrected chi connectivity index (χ3v) is 3.67. The molecule has 19 heavy (non-hydrogen) atoms. The van der Waals surface area contributed by atoms with Gasteiger partial charge < -0.3 is 10.5 Å². The average Bonchev–Trinajstić information content (AvgIpc) is 2.48. The number of nitrogens with two attached hydrogens (primary N) is 1. The minimum Gasteiger partial charge on any atom is -0.379 e. The van der Waals surface area contributed by atoms with Crippen LogP contribution in [0.2, 0.25) is 0 Å². The maximum absolute atomic E-state index is 5.90. The summed E-state index contributed by atoms with van der Waals surface area (Å²) in [6.07, 6.45) is 1.05. The van der Waals surface area contributed by atoms with E-state index < -0.39 is 0 Å². The zero-order valence-corrected chi connectivity index (χ0v) is 11.7. The number of hydrazine groups is 1. The first kappa shape index (κ1) is 14.5. The average molecular weight is 263 g/mol. The Hall–Kier alpha value is -0.940. The lowest BCUT2D eigenvalue weighted by Crippen LogP contribution is -2.52. The molecule has 0 amide bonds. The van der Waals surface area contributed by atoms with E-state index in [1.54, 1.807) is 0 Å². The SMILES string of the molecule is CC(CC(CN)NN1CCOCC1)c1ccccc1. The molecule has 106 valence electrons. The topological polar surface area (TPSA) is 50.5 Å². The molecule has 4 heteroatoms. The molecule has 1 aliphatic rings. The number of morpholine rings is 1. The number of hydrogen-bond acceptors (Lipinski definition) is 4. The van der Waals surface area contributed by atoms with Gasteiger partial charge in [0.25, 0.3) is 0 Å². The molecule has 1 heterocycles. The predicted molar refractivity (Wildman–Crippen MR) is 77.8 cm³/mol. The molecule has 0 radical (unpaired) electrons. The van der Waals surface area contributed by atoms with Gasteiger partial charge >= 0.3 is 0 Å². The van der Waals surface area contributed by atoms with Crippen LogP contribution in [0.15, 0.2) is 30.3 Å². The van der Waals surface area contributed by atoms with Crippen LogP contribution in [0.1, 0.15) is 24.8 Å². The van der Waals surface area contributed by atoms with Crippen molar-refractivity contribution in [1.82, 2.24) is 10.4 Å². The standard InChI is InChI=1S/C15H25N3O/c1-13(14-5-3-2-4-6-14)11-15(12-16)17-18-7-9-19-10-8-18/h2-6,13,15,17H,7-12,16H2,1H3. The van der Waals surface area contributed by atoms with Gasteiger partial charge in [0.1, 0.15) is 0 Å². The summed E-state index contributed by atoms with van der Waals surface area (Å²) in [5, 5.41) is 2.23. The van der Waals surface area contributed by atoms with Gasteiger partial charge in [0, 0.05) is 25.7 Å². The summed E-state index contributed by atoms with van der Waals surface area (Å²) >= 11 is 0. The van der Waals surface area contributed by atoms with Gasteiger partial charge in [0.05, 0.1) is 13.2 Å². The lowest BCUT2D eigenvalue weighted by molar-refractivity contribution is 0.00318. The zero-order chi connectivity index (χ0) is 13.5. The van der Waals surface area contributed by atoms with E-state index in [0.717, 1.165) is 32.7 Å². The van der Waals surface area contributed by atoms with Crippen LogP contribution in [-0.4, -0.2) is 43.9 Å². The normalized spacial score (nSPS) is 20.1. The first-order chi connectivity index (χ1) is 9.29. The van der Waals surface area contributed by atoms with Crippen molar-refractivity contribution < 1.29 is 4.74 Å². The summed E-state index contributed by atoms with van der Waals surface area (Å²) in [5.74, 6) is 0.517. The molecule has 4 nitrogen and oxygen atoms in total. The van der Waals surface area contributed by atoms with Crippen LogP contribution in [0.5, 0.6) is 0 Å². The minimum absolute atomic E-state index is 0.327. The number of hydrogen-bond donors (Lipinski definition) is 2. The highest BCUT2D eigenvalue weighted by Gasteiger charge is 2.17. The van der Waals surface area contributed by atoms with Gasteiger partial charge in [-0.1, -0.05) is 37.3 Å². The fraction of sp³-hybridized carbons (Fsp3) is 0.600. The number of benzene rings is 1. The number of nitrogens with zero attached hydrogens (tertiary/aromatic N) is 1. The van der Waals surface area contributed by atoms with Crippen molar-refractivity contribution in [3.8, 4) is 0 Å². The second kappa shape index (κ2) is 7.60. The van der Waals surface area contributed by atoms with Gasteiger partial charge in [-0.05, 0) is 17.9 Å². The highest BCUT2D eigenvalue weighted by Crippen LogP contribution is 2.20. The smallest absolute Gasteiger partial charge is 0.0608 e. The Morgan fingerprint density at radius 3 is 2.58 bits per heavy atom. The first-order valence-electron chi connectivity index (χ1n) is 7.13. The molecule has 1 aromatic rings. The van der Waals surface area contributed by atoms with Crippen LogP contribution in [0, 0.1) is 0 Å². The van der Waals surface area contributed by atoms with E-state index in [1.807, 2.05) is 0 Å². The fourth-order valence-electron chi connectivity index (χ4n) is 2.50. The second-order valence-corrected chi connectivity index (χ2v) is 5.21. The predicted octanol–water partition coefficient (Wildman–Crippen LogP) is 1.34. The Labute approximate surface area is 115 Å². The van der Waals surface area contributed by atoms with Gasteiger partial charge in [0.15, 0.2) is 0 Å². The van der Waals surface area contributed by atoms with E-state index in [-0.39, 0.29) is 0 Å². The van der Waals surface area contributed by atoms with E-state index in [1.165, 1.54) is 5.56 Å². The van der Waals surface area contributed by atoms with Gasteiger partial charge in [-0.25, -0.2) is 5.01 Å². The number of ether oxygens (including phenoxy) is 1. The van der Waals surface area contributed by atoms with Gasteiger partial charge in [-0.3, -0.25) is 5.43 Å². The second-order valence-electron chi connectivity index (χ2n) is 5.21. The largest absolute Gasteiger partial charge is 0.379 e. The quantitative estimate of drug-likeness (QED) is 0.813. The summed E-state index contributed by atoms with van der Waals surface area (Å²) < 4.78 is 5.35. The van der Waals surface area contributed by atoms with Crippen molar-refractivity contribution in [1.29, 1.82) is 0 Å². The van der Waals surface area contributed by atoms with Crippen molar-refractivity contribution in [2.75, 3.05) is 32.8 Å². The molecule has 0 spiro atoms. The third kappa shape index (κ3) is 4.58. The van der Waals surface area contributed by atoms with Crippen molar-refractivity contribution in [3.63, 3.8) is 0 Å². The lowest BCUT2D eigenvalue weighted by Gasteiger charge is -2.32. The molecule has 0 bridgehead atoms. The van der Waals surface area contributed by atoms with Gasteiger partial charge in [0.2, 0.25) is 0 Å². The van der Waals surface area contributed by atoms with Crippen molar-refractivity contribution in [2.24, 2.45) is 5.73 Å². The van der Waals surface area contributed by atoms with E-state index >= 15 is 0 Å². The lowest BCUT2D eigenvalue weighted by atomic mass is 9.94. The van der Waals surface area contributed by atoms with Gasteiger partial charge in [-0.15, -0.1) is 0 Å². The Balaban J connectivity index is 1.84. The molecule has 0 aliphatic carbocycles. The van der Waals surface area contributed by atoms with Crippen LogP contribution in [0.4, 0.5) is 0 Å². The van der Waals surface area contributed by atoms with Crippen LogP contribution in [0.25, 0.3) is 0 Å². The third-order valence-electron chi connectivity index (χ3n) is 3.67. The molecule has 1 fully saturated rings. The highest BCUT2D eigenvalue weighted by molar-refractivity contribution is 5.18. The molecule has 1 aromatic carbocycles. The Bertz CT molecular complexity index is 352. The summed E-state index contributed by atoms with van der Waals surface area (Å²) in [4.78, 5) is 0. The van der Waals surface area contributed by atoms with Crippen molar-refractivity contribution >= 4 is 0 Å². The van der Waals surface area contributed by atoms with Crippen LogP contribution >= 0.6 is 0 Å². The molecule has 1 aliphatic heterocycles. The number of nitrogens with one attached hydrogen (secondary N) is 1. The Kier molecular flexibility index (Phi) is 5.79.